The molecule has 5 nitrogen and oxygen atoms in total. The molecule has 1 aromatic rings. The van der Waals surface area contributed by atoms with E-state index < -0.39 is 22.9 Å². The van der Waals surface area contributed by atoms with Crippen LogP contribution < -0.4 is 11.2 Å². The van der Waals surface area contributed by atoms with Crippen LogP contribution in [0.3, 0.4) is 0 Å². The van der Waals surface area contributed by atoms with Gasteiger partial charge in [-0.15, -0.1) is 0 Å². The Morgan fingerprint density at radius 1 is 1.33 bits per heavy atom. The first-order valence-electron chi connectivity index (χ1n) is 6.28. The van der Waals surface area contributed by atoms with E-state index >= 15 is 0 Å². The topological polar surface area (TPSA) is 75.1 Å². The maximum absolute atomic E-state index is 13.3. The number of fused-ring (bicyclic) bond motifs is 2. The summed E-state index contributed by atoms with van der Waals surface area (Å²) in [5.74, 6) is -0.538. The largest absolute Gasteiger partial charge is 0.492 e. The molecule has 3 rings (SSSR count). The third-order valence-corrected chi connectivity index (χ3v) is 4.42. The van der Waals surface area contributed by atoms with Gasteiger partial charge in [0.1, 0.15) is 0 Å². The highest BCUT2D eigenvalue weighted by Gasteiger charge is 2.39. The molecule has 2 fully saturated rings. The molecule has 0 saturated heterocycles. The van der Waals surface area contributed by atoms with E-state index in [9.17, 15) is 19.1 Å². The third-order valence-electron chi connectivity index (χ3n) is 4.42. The molecule has 1 heterocycles. The molecular formula is C12H15FN2O3. The molecule has 0 radical (unpaired) electrons. The number of aromatic amines is 1. The van der Waals surface area contributed by atoms with E-state index in [1.54, 1.807) is 0 Å². The molecule has 2 aliphatic rings. The van der Waals surface area contributed by atoms with Crippen molar-refractivity contribution < 1.29 is 9.50 Å². The lowest BCUT2D eigenvalue weighted by atomic mass is 9.89. The monoisotopic (exact) mass is 254 g/mol. The van der Waals surface area contributed by atoms with Crippen LogP contribution in [0, 0.1) is 23.6 Å². The molecule has 98 valence electrons. The zero-order chi connectivity index (χ0) is 12.9. The van der Waals surface area contributed by atoms with Gasteiger partial charge in [0.2, 0.25) is 11.7 Å². The lowest BCUT2D eigenvalue weighted by Crippen LogP contribution is -2.34. The van der Waals surface area contributed by atoms with Crippen LogP contribution in [0.1, 0.15) is 25.7 Å². The van der Waals surface area contributed by atoms with Crippen molar-refractivity contribution in [2.45, 2.75) is 32.2 Å². The average Bonchev–Trinajstić information content (AvgIpc) is 2.94. The van der Waals surface area contributed by atoms with Crippen LogP contribution >= 0.6 is 0 Å². The summed E-state index contributed by atoms with van der Waals surface area (Å²) >= 11 is 0. The van der Waals surface area contributed by atoms with Gasteiger partial charge in [-0.3, -0.25) is 14.3 Å². The van der Waals surface area contributed by atoms with Gasteiger partial charge in [0, 0.05) is 6.54 Å². The Balaban J connectivity index is 1.92. The number of rotatable bonds is 2. The number of aromatic nitrogens is 2. The highest BCUT2D eigenvalue weighted by molar-refractivity contribution is 5.10. The van der Waals surface area contributed by atoms with Crippen molar-refractivity contribution in [3.8, 4) is 5.88 Å². The summed E-state index contributed by atoms with van der Waals surface area (Å²) in [6, 6.07) is 0. The summed E-state index contributed by atoms with van der Waals surface area (Å²) in [5.41, 5.74) is -1.90. The van der Waals surface area contributed by atoms with Crippen molar-refractivity contribution in [2.24, 2.45) is 17.8 Å². The van der Waals surface area contributed by atoms with E-state index in [0.29, 0.717) is 24.3 Å². The first-order valence-corrected chi connectivity index (χ1v) is 6.28. The van der Waals surface area contributed by atoms with Gasteiger partial charge in [0.05, 0.1) is 0 Å². The van der Waals surface area contributed by atoms with Crippen molar-refractivity contribution in [1.82, 2.24) is 9.55 Å². The first kappa shape index (κ1) is 11.5. The van der Waals surface area contributed by atoms with Crippen LogP contribution in [0.5, 0.6) is 5.88 Å². The number of nitrogens with one attached hydrogen (secondary N) is 1. The van der Waals surface area contributed by atoms with Crippen LogP contribution in [0.2, 0.25) is 0 Å². The van der Waals surface area contributed by atoms with Crippen molar-refractivity contribution in [3.63, 3.8) is 0 Å². The molecule has 0 spiro atoms. The predicted molar refractivity (Wildman–Crippen MR) is 61.9 cm³/mol. The number of nitrogens with zero attached hydrogens (tertiary/aromatic N) is 1. The molecule has 3 atom stereocenters. The van der Waals surface area contributed by atoms with E-state index in [0.717, 1.165) is 17.4 Å². The highest BCUT2D eigenvalue weighted by Crippen LogP contribution is 2.48. The highest BCUT2D eigenvalue weighted by atomic mass is 19.1. The smallest absolute Gasteiger partial charge is 0.331 e. The third kappa shape index (κ3) is 1.67. The van der Waals surface area contributed by atoms with Gasteiger partial charge in [0.15, 0.2) is 0 Å². The SMILES string of the molecule is O=c1[nH]c(=O)n(CC2CC3CCC2C3)c(O)c1F. The summed E-state index contributed by atoms with van der Waals surface area (Å²) in [7, 11) is 0. The van der Waals surface area contributed by atoms with E-state index in [2.05, 4.69) is 0 Å². The quantitative estimate of drug-likeness (QED) is 0.820. The normalized spacial score (nSPS) is 29.9. The molecule has 0 amide bonds. The summed E-state index contributed by atoms with van der Waals surface area (Å²) in [4.78, 5) is 24.4. The van der Waals surface area contributed by atoms with Gasteiger partial charge in [-0.25, -0.2) is 4.79 Å². The Morgan fingerprint density at radius 2 is 2.11 bits per heavy atom. The summed E-state index contributed by atoms with van der Waals surface area (Å²) in [6.07, 6.45) is 4.59. The average molecular weight is 254 g/mol. The molecule has 18 heavy (non-hydrogen) atoms. The Morgan fingerprint density at radius 3 is 2.72 bits per heavy atom. The van der Waals surface area contributed by atoms with Crippen LogP contribution in [-0.2, 0) is 6.54 Å². The minimum atomic E-state index is -1.28. The number of aromatic hydroxyl groups is 1. The van der Waals surface area contributed by atoms with Crippen molar-refractivity contribution >= 4 is 0 Å². The number of hydrogen-bond acceptors (Lipinski definition) is 3. The zero-order valence-electron chi connectivity index (χ0n) is 9.86. The van der Waals surface area contributed by atoms with Crippen molar-refractivity contribution in [2.75, 3.05) is 0 Å². The van der Waals surface area contributed by atoms with Crippen LogP contribution in [0.4, 0.5) is 4.39 Å². The molecule has 2 aliphatic carbocycles. The maximum atomic E-state index is 13.3. The predicted octanol–water partition coefficient (Wildman–Crippen LogP) is 0.817. The fourth-order valence-corrected chi connectivity index (χ4v) is 3.54. The summed E-state index contributed by atoms with van der Waals surface area (Å²) in [5, 5.41) is 9.56. The lowest BCUT2D eigenvalue weighted by molar-refractivity contribution is 0.266. The second-order valence-electron chi connectivity index (χ2n) is 5.44. The standard InChI is InChI=1S/C12H15FN2O3/c13-9-10(16)14-12(18)15(11(9)17)5-8-4-6-1-2-7(8)3-6/h6-8,17H,1-5H2,(H,14,16,18). The van der Waals surface area contributed by atoms with Gasteiger partial charge in [0.25, 0.3) is 5.56 Å². The fourth-order valence-electron chi connectivity index (χ4n) is 3.54. The Kier molecular flexibility index (Phi) is 2.53. The molecule has 2 saturated carbocycles. The van der Waals surface area contributed by atoms with E-state index in [-0.39, 0.29) is 0 Å². The minimum absolute atomic E-state index is 0.291. The molecular weight excluding hydrogens is 239 g/mol. The molecule has 0 aliphatic heterocycles. The number of hydrogen-bond donors (Lipinski definition) is 2. The van der Waals surface area contributed by atoms with E-state index in [1.165, 1.54) is 12.8 Å². The minimum Gasteiger partial charge on any atom is -0.492 e. The molecule has 0 aromatic carbocycles. The number of H-pyrrole nitrogens is 1. The molecule has 1 aromatic heterocycles. The van der Waals surface area contributed by atoms with Gasteiger partial charge in [-0.1, -0.05) is 6.42 Å². The Labute approximate surface area is 102 Å². The molecule has 2 N–H and O–H groups in total. The van der Waals surface area contributed by atoms with Gasteiger partial charge in [-0.05, 0) is 37.0 Å². The van der Waals surface area contributed by atoms with Gasteiger partial charge < -0.3 is 5.11 Å². The fraction of sp³-hybridized carbons (Fsp3) is 0.667. The van der Waals surface area contributed by atoms with Crippen molar-refractivity contribution in [3.05, 3.63) is 26.7 Å². The second kappa shape index (κ2) is 3.96. The van der Waals surface area contributed by atoms with Crippen LogP contribution in [0.15, 0.2) is 9.59 Å². The zero-order valence-corrected chi connectivity index (χ0v) is 9.86. The summed E-state index contributed by atoms with van der Waals surface area (Å²) in [6.45, 7) is 0.291. The second-order valence-corrected chi connectivity index (χ2v) is 5.44. The van der Waals surface area contributed by atoms with Crippen LogP contribution in [0.25, 0.3) is 0 Å². The van der Waals surface area contributed by atoms with E-state index in [1.807, 2.05) is 4.98 Å². The molecule has 6 heteroatoms. The number of halogens is 1. The molecule has 2 bridgehead atoms. The van der Waals surface area contributed by atoms with Crippen molar-refractivity contribution in [1.29, 1.82) is 0 Å². The Hall–Kier alpha value is -1.59. The lowest BCUT2D eigenvalue weighted by Gasteiger charge is -2.22. The van der Waals surface area contributed by atoms with E-state index in [4.69, 9.17) is 0 Å². The first-order chi connectivity index (χ1) is 8.56. The Bertz CT molecular complexity index is 592. The van der Waals surface area contributed by atoms with Gasteiger partial charge >= 0.3 is 5.69 Å². The van der Waals surface area contributed by atoms with Gasteiger partial charge in [-0.2, -0.15) is 4.39 Å². The molecule has 3 unspecified atom stereocenters. The maximum Gasteiger partial charge on any atom is 0.331 e. The summed E-state index contributed by atoms with van der Waals surface area (Å²) < 4.78 is 14.2. The van der Waals surface area contributed by atoms with Crippen LogP contribution in [-0.4, -0.2) is 14.7 Å².